The molecule has 0 aliphatic carbocycles. The van der Waals surface area contributed by atoms with Crippen molar-refractivity contribution in [2.24, 2.45) is 0 Å². The molecule has 0 saturated carbocycles. The molecule has 118 valence electrons. The van der Waals surface area contributed by atoms with E-state index in [1.165, 1.54) is 4.68 Å². The average Bonchev–Trinajstić information content (AvgIpc) is 2.38. The third-order valence-electron chi connectivity index (χ3n) is 3.70. The summed E-state index contributed by atoms with van der Waals surface area (Å²) < 4.78 is 1.44. The van der Waals surface area contributed by atoms with Gasteiger partial charge in [0.2, 0.25) is 0 Å². The Labute approximate surface area is 130 Å². The summed E-state index contributed by atoms with van der Waals surface area (Å²) in [5, 5.41) is 7.82. The Morgan fingerprint density at radius 2 is 2.14 bits per heavy atom. The molecular weight excluding hydrogens is 290 g/mol. The highest BCUT2D eigenvalue weighted by atomic mass is 35.5. The monoisotopic (exact) mass is 313 g/mol. The van der Waals surface area contributed by atoms with Gasteiger partial charge in [0, 0.05) is 26.2 Å². The van der Waals surface area contributed by atoms with Crippen LogP contribution in [0.5, 0.6) is 0 Å². The van der Waals surface area contributed by atoms with Crippen molar-refractivity contribution < 1.29 is 0 Å². The van der Waals surface area contributed by atoms with Crippen molar-refractivity contribution in [1.29, 1.82) is 0 Å². The van der Waals surface area contributed by atoms with Crippen LogP contribution in [0.3, 0.4) is 0 Å². The van der Waals surface area contributed by atoms with Gasteiger partial charge in [0.15, 0.2) is 0 Å². The summed E-state index contributed by atoms with van der Waals surface area (Å²) in [6, 6.07) is 0.404. The maximum absolute atomic E-state index is 12.3. The van der Waals surface area contributed by atoms with Crippen LogP contribution < -0.4 is 15.8 Å². The molecule has 2 rings (SSSR count). The lowest BCUT2D eigenvalue weighted by Crippen LogP contribution is -2.58. The molecule has 0 unspecified atom stereocenters. The van der Waals surface area contributed by atoms with Gasteiger partial charge < -0.3 is 15.1 Å². The molecule has 1 aliphatic heterocycles. The van der Waals surface area contributed by atoms with E-state index in [1.54, 1.807) is 6.20 Å². The molecule has 7 heteroatoms. The van der Waals surface area contributed by atoms with Crippen molar-refractivity contribution in [2.75, 3.05) is 45.2 Å². The Hall–Kier alpha value is -1.11. The van der Waals surface area contributed by atoms with E-state index < -0.39 is 0 Å². The van der Waals surface area contributed by atoms with Crippen molar-refractivity contribution in [1.82, 2.24) is 20.0 Å². The number of aromatic nitrogens is 2. The minimum Gasteiger partial charge on any atom is -0.363 e. The molecule has 0 spiro atoms. The van der Waals surface area contributed by atoms with Gasteiger partial charge in [0.1, 0.15) is 5.02 Å². The number of anilines is 1. The highest BCUT2D eigenvalue weighted by Gasteiger charge is 2.27. The lowest BCUT2D eigenvalue weighted by atomic mass is 10.1. The molecule has 6 nitrogen and oxygen atoms in total. The molecule has 0 atom stereocenters. The topological polar surface area (TPSA) is 53.4 Å². The van der Waals surface area contributed by atoms with E-state index in [9.17, 15) is 4.79 Å². The van der Waals surface area contributed by atoms with Gasteiger partial charge in [-0.25, -0.2) is 4.68 Å². The lowest BCUT2D eigenvalue weighted by molar-refractivity contribution is 0.367. The first-order valence-corrected chi connectivity index (χ1v) is 7.80. The van der Waals surface area contributed by atoms with Crippen LogP contribution >= 0.6 is 11.6 Å². The summed E-state index contributed by atoms with van der Waals surface area (Å²) in [5.74, 6) is 0. The Kier molecular flexibility index (Phi) is 5.61. The number of nitrogens with zero attached hydrogens (tertiary/aromatic N) is 4. The molecule has 0 amide bonds. The van der Waals surface area contributed by atoms with Crippen molar-refractivity contribution in [3.63, 3.8) is 0 Å². The molecule has 0 aromatic carbocycles. The zero-order valence-electron chi connectivity index (χ0n) is 13.0. The zero-order chi connectivity index (χ0) is 15.4. The van der Waals surface area contributed by atoms with Gasteiger partial charge in [0.05, 0.1) is 24.5 Å². The summed E-state index contributed by atoms with van der Waals surface area (Å²) in [4.78, 5) is 16.6. The van der Waals surface area contributed by atoms with E-state index in [-0.39, 0.29) is 10.6 Å². The normalized spacial score (nSPS) is 15.3. The molecule has 1 fully saturated rings. The van der Waals surface area contributed by atoms with Gasteiger partial charge in [-0.3, -0.25) is 4.79 Å². The van der Waals surface area contributed by atoms with Crippen molar-refractivity contribution >= 4 is 17.3 Å². The third-order valence-corrected chi connectivity index (χ3v) is 4.06. The smallest absolute Gasteiger partial charge is 0.287 e. The average molecular weight is 314 g/mol. The summed E-state index contributed by atoms with van der Waals surface area (Å²) in [6.07, 6.45) is 2.74. The fraction of sp³-hybridized carbons (Fsp3) is 0.714. The number of hydrogen-bond acceptors (Lipinski definition) is 5. The van der Waals surface area contributed by atoms with Crippen LogP contribution in [0.15, 0.2) is 11.0 Å². The van der Waals surface area contributed by atoms with Gasteiger partial charge in [0.25, 0.3) is 5.56 Å². The first-order valence-electron chi connectivity index (χ1n) is 7.42. The first kappa shape index (κ1) is 16.3. The standard InChI is InChI=1S/C14H24ClN5O/c1-4-5-19(11-8-16-9-11)12-10-17-20(7-6-18(2)3)14(21)13(12)15/h10-11,16H,4-9H2,1-3H3. The van der Waals surface area contributed by atoms with Crippen molar-refractivity contribution in [3.8, 4) is 0 Å². The third kappa shape index (κ3) is 3.75. The molecule has 1 aromatic heterocycles. The second-order valence-corrected chi connectivity index (χ2v) is 6.06. The highest BCUT2D eigenvalue weighted by Crippen LogP contribution is 2.24. The quantitative estimate of drug-likeness (QED) is 0.801. The maximum atomic E-state index is 12.3. The van der Waals surface area contributed by atoms with Crippen LogP contribution in [0.25, 0.3) is 0 Å². The molecule has 0 bridgehead atoms. The molecule has 1 saturated heterocycles. The van der Waals surface area contributed by atoms with E-state index in [0.29, 0.717) is 12.6 Å². The Balaban J connectivity index is 2.23. The summed E-state index contributed by atoms with van der Waals surface area (Å²) in [7, 11) is 3.93. The van der Waals surface area contributed by atoms with E-state index >= 15 is 0 Å². The van der Waals surface area contributed by atoms with Crippen molar-refractivity contribution in [3.05, 3.63) is 21.6 Å². The van der Waals surface area contributed by atoms with E-state index in [1.807, 2.05) is 19.0 Å². The second-order valence-electron chi connectivity index (χ2n) is 5.68. The molecule has 1 aliphatic rings. The van der Waals surface area contributed by atoms with Gasteiger partial charge in [-0.2, -0.15) is 5.10 Å². The first-order chi connectivity index (χ1) is 10.0. The van der Waals surface area contributed by atoms with E-state index in [4.69, 9.17) is 11.6 Å². The number of likely N-dealkylation sites (N-methyl/N-ethyl adjacent to an activating group) is 1. The fourth-order valence-corrected chi connectivity index (χ4v) is 2.60. The van der Waals surface area contributed by atoms with Gasteiger partial charge >= 0.3 is 0 Å². The Morgan fingerprint density at radius 3 is 2.67 bits per heavy atom. The lowest BCUT2D eigenvalue weighted by Gasteiger charge is -2.39. The predicted octanol–water partition coefficient (Wildman–Crippen LogP) is 0.647. The Bertz CT molecular complexity index is 527. The predicted molar refractivity (Wildman–Crippen MR) is 86.4 cm³/mol. The van der Waals surface area contributed by atoms with Crippen LogP contribution in [-0.4, -0.2) is 61.0 Å². The number of nitrogens with one attached hydrogen (secondary N) is 1. The zero-order valence-corrected chi connectivity index (χ0v) is 13.7. The largest absolute Gasteiger partial charge is 0.363 e. The molecular formula is C14H24ClN5O. The molecule has 1 N–H and O–H groups in total. The maximum Gasteiger partial charge on any atom is 0.287 e. The fourth-order valence-electron chi connectivity index (χ4n) is 2.35. The van der Waals surface area contributed by atoms with Crippen LogP contribution in [-0.2, 0) is 6.54 Å². The van der Waals surface area contributed by atoms with E-state index in [2.05, 4.69) is 22.2 Å². The second kappa shape index (κ2) is 7.24. The number of hydrogen-bond donors (Lipinski definition) is 1. The number of halogens is 1. The minimum absolute atomic E-state index is 0.204. The van der Waals surface area contributed by atoms with Crippen LogP contribution in [0, 0.1) is 0 Å². The summed E-state index contributed by atoms with van der Waals surface area (Å²) >= 11 is 6.32. The van der Waals surface area contributed by atoms with E-state index in [0.717, 1.165) is 38.3 Å². The molecule has 0 radical (unpaired) electrons. The Morgan fingerprint density at radius 1 is 1.43 bits per heavy atom. The molecule has 21 heavy (non-hydrogen) atoms. The SMILES string of the molecule is CCCN(c1cnn(CCN(C)C)c(=O)c1Cl)C1CNC1. The molecule has 1 aromatic rings. The number of rotatable bonds is 7. The summed E-state index contributed by atoms with van der Waals surface area (Å²) in [6.45, 7) is 6.17. The highest BCUT2D eigenvalue weighted by molar-refractivity contribution is 6.33. The van der Waals surface area contributed by atoms with Gasteiger partial charge in [-0.1, -0.05) is 18.5 Å². The minimum atomic E-state index is -0.204. The summed E-state index contributed by atoms with van der Waals surface area (Å²) in [5.41, 5.74) is 0.556. The van der Waals surface area contributed by atoms with Crippen LogP contribution in [0.1, 0.15) is 13.3 Å². The van der Waals surface area contributed by atoms with Gasteiger partial charge in [-0.05, 0) is 20.5 Å². The molecule has 2 heterocycles. The van der Waals surface area contributed by atoms with Crippen LogP contribution in [0.2, 0.25) is 5.02 Å². The van der Waals surface area contributed by atoms with Crippen LogP contribution in [0.4, 0.5) is 5.69 Å². The van der Waals surface area contributed by atoms with Crippen molar-refractivity contribution in [2.45, 2.75) is 25.9 Å². The van der Waals surface area contributed by atoms with Gasteiger partial charge in [-0.15, -0.1) is 0 Å².